The molecule has 0 aromatic heterocycles. The van der Waals surface area contributed by atoms with Crippen molar-refractivity contribution in [2.24, 2.45) is 17.8 Å². The molecule has 0 heterocycles. The van der Waals surface area contributed by atoms with E-state index in [-0.39, 0.29) is 29.4 Å². The Morgan fingerprint density at radius 2 is 1.88 bits per heavy atom. The Kier molecular flexibility index (Phi) is 3.56. The minimum Gasteiger partial charge on any atom is -0.343 e. The van der Waals surface area contributed by atoms with Gasteiger partial charge in [0, 0.05) is 17.8 Å². The molecule has 0 saturated heterocycles. The topological polar surface area (TPSA) is 46.2 Å². The first-order valence-corrected chi connectivity index (χ1v) is 5.84. The van der Waals surface area contributed by atoms with Gasteiger partial charge in [0.25, 0.3) is 0 Å². The minimum absolute atomic E-state index is 0.0571. The number of carbonyl (C=O) groups is 2. The number of nitrogens with one attached hydrogen (secondary N) is 1. The fourth-order valence-corrected chi connectivity index (χ4v) is 1.94. The number of ketones is 1. The molecule has 1 amide bonds. The Morgan fingerprint density at radius 1 is 1.31 bits per heavy atom. The molecule has 1 N–H and O–H groups in total. The summed E-state index contributed by atoms with van der Waals surface area (Å²) in [4.78, 5) is 23.8. The van der Waals surface area contributed by atoms with Crippen molar-refractivity contribution in [1.29, 1.82) is 0 Å². The molecule has 2 unspecified atom stereocenters. The summed E-state index contributed by atoms with van der Waals surface area (Å²) in [6, 6.07) is 0. The Hall–Kier alpha value is -1.12. The van der Waals surface area contributed by atoms with Gasteiger partial charge in [0.2, 0.25) is 5.91 Å². The van der Waals surface area contributed by atoms with E-state index in [9.17, 15) is 9.59 Å². The van der Waals surface area contributed by atoms with Crippen LogP contribution in [-0.4, -0.2) is 17.2 Å². The number of hydrogen-bond acceptors (Lipinski definition) is 2. The van der Waals surface area contributed by atoms with Crippen molar-refractivity contribution >= 4 is 11.7 Å². The molecular formula is C13H21NO2. The van der Waals surface area contributed by atoms with Crippen LogP contribution in [0.4, 0.5) is 0 Å². The van der Waals surface area contributed by atoms with E-state index in [1.807, 2.05) is 27.7 Å². The summed E-state index contributed by atoms with van der Waals surface area (Å²) in [7, 11) is 0. The second kappa shape index (κ2) is 4.40. The lowest BCUT2D eigenvalue weighted by atomic mass is 9.97. The molecule has 1 rings (SSSR count). The van der Waals surface area contributed by atoms with Crippen LogP contribution in [0.25, 0.3) is 0 Å². The summed E-state index contributed by atoms with van der Waals surface area (Å²) >= 11 is 0. The van der Waals surface area contributed by atoms with Gasteiger partial charge in [-0.05, 0) is 6.42 Å². The van der Waals surface area contributed by atoms with Crippen LogP contribution in [0, 0.1) is 17.8 Å². The Balaban J connectivity index is 2.81. The lowest BCUT2D eigenvalue weighted by molar-refractivity contribution is -0.132. The molecule has 0 aliphatic heterocycles. The molecule has 0 spiro atoms. The van der Waals surface area contributed by atoms with Crippen LogP contribution in [-0.2, 0) is 9.59 Å². The van der Waals surface area contributed by atoms with E-state index >= 15 is 0 Å². The second-order valence-electron chi connectivity index (χ2n) is 5.18. The molecule has 0 bridgehead atoms. The van der Waals surface area contributed by atoms with Crippen molar-refractivity contribution in [3.8, 4) is 0 Å². The van der Waals surface area contributed by atoms with Gasteiger partial charge in [-0.1, -0.05) is 33.8 Å². The van der Waals surface area contributed by atoms with Crippen molar-refractivity contribution in [3.05, 3.63) is 12.7 Å². The molecule has 3 heteroatoms. The molecule has 2 atom stereocenters. The van der Waals surface area contributed by atoms with Gasteiger partial charge in [-0.3, -0.25) is 9.59 Å². The molecule has 0 aromatic rings. The zero-order chi connectivity index (χ0) is 12.5. The first-order chi connectivity index (χ1) is 7.35. The quantitative estimate of drug-likeness (QED) is 0.724. The first kappa shape index (κ1) is 12.9. The van der Waals surface area contributed by atoms with Crippen molar-refractivity contribution in [3.63, 3.8) is 0 Å². The summed E-state index contributed by atoms with van der Waals surface area (Å²) in [5, 5.41) is 2.89. The molecule has 16 heavy (non-hydrogen) atoms. The molecule has 90 valence electrons. The van der Waals surface area contributed by atoms with Crippen LogP contribution in [0.1, 0.15) is 34.1 Å². The van der Waals surface area contributed by atoms with Gasteiger partial charge in [-0.25, -0.2) is 0 Å². The highest BCUT2D eigenvalue weighted by atomic mass is 16.2. The predicted molar refractivity (Wildman–Crippen MR) is 63.9 cm³/mol. The van der Waals surface area contributed by atoms with Crippen LogP contribution in [0.15, 0.2) is 12.7 Å². The van der Waals surface area contributed by atoms with E-state index in [2.05, 4.69) is 11.9 Å². The molecule has 1 aliphatic carbocycles. The van der Waals surface area contributed by atoms with Gasteiger partial charge in [0.15, 0.2) is 5.78 Å². The summed E-state index contributed by atoms with van der Waals surface area (Å²) in [6.45, 7) is 11.1. The Labute approximate surface area is 97.3 Å². The van der Waals surface area contributed by atoms with E-state index in [1.54, 1.807) is 6.08 Å². The van der Waals surface area contributed by atoms with Crippen LogP contribution >= 0.6 is 0 Å². The van der Waals surface area contributed by atoms with Crippen molar-refractivity contribution < 1.29 is 9.59 Å². The highest BCUT2D eigenvalue weighted by Gasteiger charge is 2.59. The second-order valence-corrected chi connectivity index (χ2v) is 5.18. The predicted octanol–water partition coefficient (Wildman–Crippen LogP) is 1.93. The number of amides is 1. The average Bonchev–Trinajstić information content (AvgIpc) is 2.91. The standard InChI is InChI=1S/C13H21NO2/c1-6-10-7-13(10,11(15)8(2)3)14-12(16)9(4)5/h6,8-10H,1,7H2,2-5H3,(H,14,16). The Bertz CT molecular complexity index is 320. The first-order valence-electron chi connectivity index (χ1n) is 5.84. The maximum Gasteiger partial charge on any atom is 0.223 e. The Morgan fingerprint density at radius 3 is 2.19 bits per heavy atom. The fourth-order valence-electron chi connectivity index (χ4n) is 1.94. The summed E-state index contributed by atoms with van der Waals surface area (Å²) in [5.74, 6) is 0.00941. The van der Waals surface area contributed by atoms with Gasteiger partial charge in [0.05, 0.1) is 0 Å². The lowest BCUT2D eigenvalue weighted by Gasteiger charge is -2.21. The van der Waals surface area contributed by atoms with Crippen molar-refractivity contribution in [1.82, 2.24) is 5.32 Å². The van der Waals surface area contributed by atoms with E-state index < -0.39 is 5.54 Å². The van der Waals surface area contributed by atoms with E-state index in [0.29, 0.717) is 6.42 Å². The molecule has 3 nitrogen and oxygen atoms in total. The smallest absolute Gasteiger partial charge is 0.223 e. The van der Waals surface area contributed by atoms with Gasteiger partial charge < -0.3 is 5.32 Å². The highest BCUT2D eigenvalue weighted by Crippen LogP contribution is 2.46. The third-order valence-corrected chi connectivity index (χ3v) is 3.13. The average molecular weight is 223 g/mol. The summed E-state index contributed by atoms with van der Waals surface area (Å²) in [6.07, 6.45) is 2.47. The van der Waals surface area contributed by atoms with Crippen molar-refractivity contribution in [2.45, 2.75) is 39.7 Å². The van der Waals surface area contributed by atoms with Gasteiger partial charge in [-0.2, -0.15) is 0 Å². The summed E-state index contributed by atoms with van der Waals surface area (Å²) in [5.41, 5.74) is -0.655. The van der Waals surface area contributed by atoms with Gasteiger partial charge in [-0.15, -0.1) is 6.58 Å². The molecule has 1 saturated carbocycles. The largest absolute Gasteiger partial charge is 0.343 e. The van der Waals surface area contributed by atoms with Crippen LogP contribution in [0.2, 0.25) is 0 Å². The van der Waals surface area contributed by atoms with Gasteiger partial charge >= 0.3 is 0 Å². The number of rotatable bonds is 5. The molecule has 1 fully saturated rings. The third kappa shape index (κ3) is 2.18. The number of hydrogen-bond donors (Lipinski definition) is 1. The number of carbonyl (C=O) groups excluding carboxylic acids is 2. The van der Waals surface area contributed by atoms with E-state index in [4.69, 9.17) is 0 Å². The molecule has 1 aliphatic rings. The molecular weight excluding hydrogens is 202 g/mol. The lowest BCUT2D eigenvalue weighted by Crippen LogP contribution is -2.48. The van der Waals surface area contributed by atoms with Gasteiger partial charge in [0.1, 0.15) is 5.54 Å². The number of Topliss-reactive ketones (excluding diaryl/α,β-unsaturated/α-hetero) is 1. The normalized spacial score (nSPS) is 28.0. The summed E-state index contributed by atoms with van der Waals surface area (Å²) < 4.78 is 0. The van der Waals surface area contributed by atoms with Crippen molar-refractivity contribution in [2.75, 3.05) is 0 Å². The molecule has 0 aromatic carbocycles. The SMILES string of the molecule is C=CC1CC1(NC(=O)C(C)C)C(=O)C(C)C. The maximum absolute atomic E-state index is 12.1. The zero-order valence-corrected chi connectivity index (χ0v) is 10.5. The van der Waals surface area contributed by atoms with E-state index in [1.165, 1.54) is 0 Å². The van der Waals surface area contributed by atoms with Crippen LogP contribution < -0.4 is 5.32 Å². The highest BCUT2D eigenvalue weighted by molar-refractivity contribution is 5.98. The van der Waals surface area contributed by atoms with Crippen LogP contribution in [0.3, 0.4) is 0 Å². The zero-order valence-electron chi connectivity index (χ0n) is 10.5. The molecule has 0 radical (unpaired) electrons. The van der Waals surface area contributed by atoms with Crippen LogP contribution in [0.5, 0.6) is 0 Å². The monoisotopic (exact) mass is 223 g/mol. The third-order valence-electron chi connectivity index (χ3n) is 3.13. The maximum atomic E-state index is 12.1. The van der Waals surface area contributed by atoms with E-state index in [0.717, 1.165) is 0 Å². The fraction of sp³-hybridized carbons (Fsp3) is 0.692. The minimum atomic E-state index is -0.655.